The third-order valence-electron chi connectivity index (χ3n) is 3.92. The minimum absolute atomic E-state index is 0.0369. The number of hydrogen-bond donors (Lipinski definition) is 1. The van der Waals surface area contributed by atoms with Gasteiger partial charge in [-0.05, 0) is 19.9 Å². The van der Waals surface area contributed by atoms with Gasteiger partial charge in [0.2, 0.25) is 15.9 Å². The Labute approximate surface area is 136 Å². The maximum atomic E-state index is 12.2. The number of carbonyl (C=O) groups excluding carboxylic acids is 1. The zero-order chi connectivity index (χ0) is 17.2. The molecule has 23 heavy (non-hydrogen) atoms. The second kappa shape index (κ2) is 6.98. The van der Waals surface area contributed by atoms with Crippen LogP contribution < -0.4 is 5.32 Å². The highest BCUT2D eigenvalue weighted by molar-refractivity contribution is 7.89. The van der Waals surface area contributed by atoms with E-state index in [-0.39, 0.29) is 30.2 Å². The number of carbonyl (C=O) groups is 1. The van der Waals surface area contributed by atoms with Gasteiger partial charge in [0.25, 0.3) is 0 Å². The Kier molecular flexibility index (Phi) is 5.43. The lowest BCUT2D eigenvalue weighted by molar-refractivity contribution is -0.122. The maximum Gasteiger partial charge on any atom is 0.242 e. The molecule has 1 aliphatic heterocycles. The van der Waals surface area contributed by atoms with Crippen molar-refractivity contribution in [2.45, 2.75) is 26.4 Å². The van der Waals surface area contributed by atoms with Crippen LogP contribution in [-0.4, -0.2) is 67.5 Å². The molecule has 1 aromatic rings. The monoisotopic (exact) mass is 344 g/mol. The highest BCUT2D eigenvalue weighted by atomic mass is 32.2. The quantitative estimate of drug-likeness (QED) is 0.752. The van der Waals surface area contributed by atoms with Gasteiger partial charge in [0, 0.05) is 25.7 Å². The molecule has 0 unspecified atom stereocenters. The molecule has 130 valence electrons. The third kappa shape index (κ3) is 4.52. The molecule has 1 amide bonds. The first-order valence-corrected chi connectivity index (χ1v) is 9.08. The summed E-state index contributed by atoms with van der Waals surface area (Å²) in [5.74, 6) is -0.476. The van der Waals surface area contributed by atoms with Crippen LogP contribution in [0, 0.1) is 19.8 Å². The molecule has 0 aromatic carbocycles. The maximum absolute atomic E-state index is 12.2. The molecule has 0 bridgehead atoms. The number of amides is 1. The van der Waals surface area contributed by atoms with Crippen LogP contribution in [0.5, 0.6) is 0 Å². The van der Waals surface area contributed by atoms with E-state index in [1.807, 2.05) is 19.9 Å². The van der Waals surface area contributed by atoms with Gasteiger partial charge in [-0.1, -0.05) is 0 Å². The number of hydrogen-bond acceptors (Lipinski definition) is 5. The molecular formula is C14H24N4O4S. The lowest BCUT2D eigenvalue weighted by atomic mass is 10.1. The molecule has 0 aliphatic carbocycles. The first-order chi connectivity index (χ1) is 10.7. The standard InChI is InChI=1S/C14H24N4O4S/c1-10-5-11(2)18(16-10)6-14(19)15-13-8-22-7-12(13)9-23(20,21)17(3)4/h5,12-13H,6-9H2,1-4H3,(H,15,19)/t12-,13+/m0/s1. The molecule has 0 spiro atoms. The van der Waals surface area contributed by atoms with Crippen molar-refractivity contribution in [2.24, 2.45) is 5.92 Å². The zero-order valence-electron chi connectivity index (χ0n) is 13.9. The summed E-state index contributed by atoms with van der Waals surface area (Å²) in [6.45, 7) is 4.53. The summed E-state index contributed by atoms with van der Waals surface area (Å²) in [5, 5.41) is 7.12. The number of nitrogens with one attached hydrogen (secondary N) is 1. The molecule has 2 rings (SSSR count). The Morgan fingerprint density at radius 2 is 2.13 bits per heavy atom. The Morgan fingerprint density at radius 1 is 1.43 bits per heavy atom. The average molecular weight is 344 g/mol. The van der Waals surface area contributed by atoms with E-state index in [9.17, 15) is 13.2 Å². The zero-order valence-corrected chi connectivity index (χ0v) is 14.8. The molecule has 0 saturated carbocycles. The van der Waals surface area contributed by atoms with E-state index in [2.05, 4.69) is 10.4 Å². The van der Waals surface area contributed by atoms with Crippen LogP contribution in [0.15, 0.2) is 6.07 Å². The molecule has 1 aliphatic rings. The summed E-state index contributed by atoms with van der Waals surface area (Å²) in [6, 6.07) is 1.60. The Bertz CT molecular complexity index is 668. The minimum Gasteiger partial charge on any atom is -0.379 e. The van der Waals surface area contributed by atoms with E-state index in [0.717, 1.165) is 11.4 Å². The Hall–Kier alpha value is -1.45. The molecule has 2 heterocycles. The highest BCUT2D eigenvalue weighted by Gasteiger charge is 2.34. The van der Waals surface area contributed by atoms with Crippen molar-refractivity contribution in [3.63, 3.8) is 0 Å². The van der Waals surface area contributed by atoms with E-state index in [1.165, 1.54) is 18.4 Å². The molecule has 1 fully saturated rings. The number of ether oxygens (including phenoxy) is 1. The second-order valence-corrected chi connectivity index (χ2v) is 8.34. The van der Waals surface area contributed by atoms with Gasteiger partial charge in [0.15, 0.2) is 0 Å². The number of aromatic nitrogens is 2. The SMILES string of the molecule is Cc1cc(C)n(CC(=O)N[C@@H]2COC[C@H]2CS(=O)(=O)N(C)C)n1. The second-order valence-electron chi connectivity index (χ2n) is 6.12. The summed E-state index contributed by atoms with van der Waals surface area (Å²) in [6.07, 6.45) is 0. The largest absolute Gasteiger partial charge is 0.379 e. The molecule has 1 aromatic heterocycles. The molecule has 1 N–H and O–H groups in total. The van der Waals surface area contributed by atoms with Gasteiger partial charge in [-0.3, -0.25) is 9.48 Å². The molecule has 2 atom stereocenters. The van der Waals surface area contributed by atoms with Crippen LogP contribution >= 0.6 is 0 Å². The van der Waals surface area contributed by atoms with Crippen molar-refractivity contribution in [1.82, 2.24) is 19.4 Å². The Balaban J connectivity index is 1.96. The summed E-state index contributed by atoms with van der Waals surface area (Å²) in [5.41, 5.74) is 1.77. The fraction of sp³-hybridized carbons (Fsp3) is 0.714. The minimum atomic E-state index is -3.33. The van der Waals surface area contributed by atoms with E-state index < -0.39 is 10.0 Å². The number of aryl methyl sites for hydroxylation is 2. The van der Waals surface area contributed by atoms with Gasteiger partial charge >= 0.3 is 0 Å². The van der Waals surface area contributed by atoms with E-state index in [4.69, 9.17) is 4.74 Å². The lowest BCUT2D eigenvalue weighted by Crippen LogP contribution is -2.44. The van der Waals surface area contributed by atoms with Crippen LogP contribution in [0.25, 0.3) is 0 Å². The summed E-state index contributed by atoms with van der Waals surface area (Å²) in [7, 11) is -0.325. The average Bonchev–Trinajstić information content (AvgIpc) is 2.96. The van der Waals surface area contributed by atoms with Crippen molar-refractivity contribution in [2.75, 3.05) is 33.1 Å². The fourth-order valence-electron chi connectivity index (χ4n) is 2.57. The number of nitrogens with zero attached hydrogens (tertiary/aromatic N) is 3. The fourth-order valence-corrected chi connectivity index (χ4v) is 3.73. The molecule has 8 nitrogen and oxygen atoms in total. The molecular weight excluding hydrogens is 320 g/mol. The van der Waals surface area contributed by atoms with Crippen molar-refractivity contribution >= 4 is 15.9 Å². The first-order valence-electron chi connectivity index (χ1n) is 7.47. The smallest absolute Gasteiger partial charge is 0.242 e. The van der Waals surface area contributed by atoms with Gasteiger partial charge < -0.3 is 10.1 Å². The van der Waals surface area contributed by atoms with Crippen LogP contribution in [0.3, 0.4) is 0 Å². The van der Waals surface area contributed by atoms with E-state index >= 15 is 0 Å². The lowest BCUT2D eigenvalue weighted by Gasteiger charge is -2.21. The van der Waals surface area contributed by atoms with Gasteiger partial charge in [-0.15, -0.1) is 0 Å². The van der Waals surface area contributed by atoms with Gasteiger partial charge in [-0.25, -0.2) is 12.7 Å². The predicted molar refractivity (Wildman–Crippen MR) is 85.4 cm³/mol. The normalized spacial score (nSPS) is 21.8. The highest BCUT2D eigenvalue weighted by Crippen LogP contribution is 2.17. The van der Waals surface area contributed by atoms with Crippen molar-refractivity contribution < 1.29 is 17.9 Å². The van der Waals surface area contributed by atoms with Gasteiger partial charge in [-0.2, -0.15) is 5.10 Å². The third-order valence-corrected chi connectivity index (χ3v) is 5.88. The van der Waals surface area contributed by atoms with Crippen molar-refractivity contribution in [3.05, 3.63) is 17.5 Å². The summed E-state index contributed by atoms with van der Waals surface area (Å²) < 4.78 is 32.2. The van der Waals surface area contributed by atoms with Gasteiger partial charge in [0.05, 0.1) is 30.7 Å². The summed E-state index contributed by atoms with van der Waals surface area (Å²) in [4.78, 5) is 12.2. The van der Waals surface area contributed by atoms with Crippen LogP contribution in [-0.2, 0) is 26.1 Å². The molecule has 1 saturated heterocycles. The van der Waals surface area contributed by atoms with Gasteiger partial charge in [0.1, 0.15) is 6.54 Å². The topological polar surface area (TPSA) is 93.5 Å². The molecule has 0 radical (unpaired) electrons. The van der Waals surface area contributed by atoms with Crippen molar-refractivity contribution in [3.8, 4) is 0 Å². The van der Waals surface area contributed by atoms with Crippen LogP contribution in [0.1, 0.15) is 11.4 Å². The van der Waals surface area contributed by atoms with E-state index in [1.54, 1.807) is 4.68 Å². The first kappa shape index (κ1) is 17.9. The summed E-state index contributed by atoms with van der Waals surface area (Å²) >= 11 is 0. The Morgan fingerprint density at radius 3 is 2.70 bits per heavy atom. The van der Waals surface area contributed by atoms with Crippen molar-refractivity contribution in [1.29, 1.82) is 0 Å². The predicted octanol–water partition coefficient (Wildman–Crippen LogP) is -0.477. The molecule has 9 heteroatoms. The number of rotatable bonds is 6. The number of sulfonamides is 1. The van der Waals surface area contributed by atoms with Crippen LogP contribution in [0.2, 0.25) is 0 Å². The van der Waals surface area contributed by atoms with Crippen LogP contribution in [0.4, 0.5) is 0 Å². The van der Waals surface area contributed by atoms with E-state index in [0.29, 0.717) is 13.2 Å².